The first-order valence-corrected chi connectivity index (χ1v) is 50.4. The van der Waals surface area contributed by atoms with Crippen molar-refractivity contribution in [2.45, 2.75) is 57.1 Å². The quantitative estimate of drug-likeness (QED) is 0.0119. The van der Waals surface area contributed by atoms with Crippen molar-refractivity contribution in [2.24, 2.45) is 50.5 Å². The third kappa shape index (κ3) is 34.5. The fourth-order valence-corrected chi connectivity index (χ4v) is 16.8. The molecule has 0 amide bonds. The zero-order valence-corrected chi connectivity index (χ0v) is 79.8. The minimum Gasteiger partial charge on any atom is -0.508 e. The molecule has 0 bridgehead atoms. The molecule has 2 aromatic heterocycles. The van der Waals surface area contributed by atoms with Crippen LogP contribution in [0, 0.1) is 10.1 Å². The largest absolute Gasteiger partial charge is 0.508 e. The standard InChI is InChI=1S/C17H15N3O4S2.C16H12N4O4S2.2C15H16N2O4S.C15H16N2O2S.C14H15N3O2S.CH4/c1-11(15-7-4-13(21)10-16(15)22)19-12-2-5-14(6-3-12)26(23,24)20-17-18-8-9-25-17;21-20(22)14-3-1-2-12(10-14)11-18-13-4-6-15(7-5-13)26(23,24)19-16-17-8-9-25-16;1-20-13-5-8-15(21-2)11(9-13)10-17-12-3-6-14(7-4-12)22(16,18)19;1-20-13-6-3-11(15(9-13)21-2)10-17-12-4-7-14(8-5-12)22(16,18)19;1-2-12-3-5-13(6-4-12)11-17-14-7-9-15(10-8-14)20(16,18)19;1-16-12-4-2-11(3-5-12)10-17-13-6-8-14(9-7-13)20(15,18)19;/h2-10,21-22H,1H3,(H,18,20);1-11H,(H,17,19);2*3-10H,1-2H3,(H2,16,18,19);3-11H,2H2,1H3,(H2,16,18,19);2-10,16H,1H3,(H2,15,18,19);1H4. The van der Waals surface area contributed by atoms with Crippen LogP contribution in [0.1, 0.15) is 60.2 Å². The predicted octanol–water partition coefficient (Wildman–Crippen LogP) is 16.7. The van der Waals surface area contributed by atoms with Crippen LogP contribution in [-0.2, 0) is 66.6 Å². The van der Waals surface area contributed by atoms with E-state index in [2.05, 4.69) is 73.7 Å². The van der Waals surface area contributed by atoms with E-state index in [9.17, 15) is 70.8 Å². The number of hydrogen-bond donors (Lipinski definition) is 9. The van der Waals surface area contributed by atoms with E-state index >= 15 is 0 Å². The van der Waals surface area contributed by atoms with Crippen molar-refractivity contribution in [3.63, 3.8) is 0 Å². The molecule has 2 heterocycles. The van der Waals surface area contributed by atoms with Gasteiger partial charge >= 0.3 is 0 Å². The van der Waals surface area contributed by atoms with Crippen LogP contribution in [0.3, 0.4) is 0 Å². The van der Waals surface area contributed by atoms with E-state index in [4.69, 9.17) is 39.5 Å². The number of ether oxygens (including phenoxy) is 4. The molecule has 44 heteroatoms. The first-order chi connectivity index (χ1) is 64.6. The maximum Gasteiger partial charge on any atom is 0.270 e. The number of phenolic OH excluding ortho intramolecular Hbond substituents is 2. The van der Waals surface area contributed by atoms with Gasteiger partial charge in [-0.25, -0.2) is 81.0 Å². The zero-order valence-electron chi connectivity index (χ0n) is 73.2. The van der Waals surface area contributed by atoms with Crippen LogP contribution in [0.5, 0.6) is 34.5 Å². The van der Waals surface area contributed by atoms with Gasteiger partial charge < -0.3 is 34.5 Å². The summed E-state index contributed by atoms with van der Waals surface area (Å²) in [5, 5.41) is 57.1. The van der Waals surface area contributed by atoms with Crippen LogP contribution < -0.4 is 54.3 Å². The summed E-state index contributed by atoms with van der Waals surface area (Å²) in [6, 6.07) is 73.1. The minimum atomic E-state index is -3.71. The lowest BCUT2D eigenvalue weighted by atomic mass is 10.1. The molecule has 0 atom stereocenters. The lowest BCUT2D eigenvalue weighted by molar-refractivity contribution is -0.384. The number of non-ortho nitro benzene ring substituents is 1. The number of aromatic nitrogens is 2. The molecule has 137 heavy (non-hydrogen) atoms. The topological polar surface area (TPSA) is 565 Å². The molecule has 0 spiro atoms. The van der Waals surface area contributed by atoms with E-state index in [-0.39, 0.29) is 59.1 Å². The van der Waals surface area contributed by atoms with E-state index in [0.717, 1.165) is 34.4 Å². The normalized spacial score (nSPS) is 11.7. The highest BCUT2D eigenvalue weighted by molar-refractivity contribution is 7.93. The number of nitro groups is 1. The van der Waals surface area contributed by atoms with Crippen molar-refractivity contribution in [1.29, 1.82) is 0 Å². The lowest BCUT2D eigenvalue weighted by Crippen LogP contribution is -2.12. The SMILES string of the molecule is C.CC(=Nc1ccc(S(=O)(=O)Nc2nccs2)cc1)c1ccc(O)cc1O.CCc1ccc(C=Nc2ccc(S(N)(=O)=O)cc2)cc1.CNc1ccc(C=Nc2ccc(S(N)(=O)=O)cc2)cc1.COc1ccc(C=Nc2ccc(S(N)(=O)=O)cc2)c(OC)c1.COc1ccc(OC)c(C=Nc2ccc(S(N)(=O)=O)cc2)c1.O=[N+]([O-])c1cccc(C=Nc2ccc(S(=O)(=O)Nc3nccs3)cc2)c1. The number of sulfonamides is 6. The van der Waals surface area contributed by atoms with Gasteiger partial charge in [0.1, 0.15) is 34.5 Å². The fraction of sp³-hybridized carbons (Fsp3) is 0.0968. The average Bonchev–Trinajstić information content (AvgIpc) is 1.80. The molecule has 714 valence electrons. The third-order valence-corrected chi connectivity index (χ3v) is 26.3. The average molecular weight is 2010 g/mol. The summed E-state index contributed by atoms with van der Waals surface area (Å²) >= 11 is 2.37. The number of methoxy groups -OCH3 is 4. The molecule has 14 aromatic rings. The first kappa shape index (κ1) is 107. The Morgan fingerprint density at radius 1 is 0.423 bits per heavy atom. The highest BCUT2D eigenvalue weighted by atomic mass is 32.2. The molecule has 0 aliphatic carbocycles. The number of thiazole rings is 2. The van der Waals surface area contributed by atoms with Gasteiger partial charge in [-0.2, -0.15) is 0 Å². The summed E-state index contributed by atoms with van der Waals surface area (Å²) < 4.78 is 164. The van der Waals surface area contributed by atoms with E-state index in [1.165, 1.54) is 144 Å². The summed E-state index contributed by atoms with van der Waals surface area (Å²) in [5.41, 5.74) is 10.9. The maximum absolute atomic E-state index is 12.3. The molecular formula is C93H94N16O20S8. The first-order valence-electron chi connectivity index (χ1n) is 39.5. The molecule has 0 unspecified atom stereocenters. The Hall–Kier alpha value is -14.9. The van der Waals surface area contributed by atoms with Gasteiger partial charge in [0, 0.05) is 114 Å². The van der Waals surface area contributed by atoms with Crippen molar-refractivity contribution in [1.82, 2.24) is 9.97 Å². The number of nitrogens with two attached hydrogens (primary N) is 4. The molecule has 0 fully saturated rings. The number of rotatable bonds is 29. The summed E-state index contributed by atoms with van der Waals surface area (Å²) in [5.74, 6) is 2.53. The third-order valence-electron chi connectivity index (χ3n) is 18.3. The van der Waals surface area contributed by atoms with Crippen molar-refractivity contribution in [2.75, 3.05) is 50.2 Å². The van der Waals surface area contributed by atoms with E-state index in [1.54, 1.807) is 192 Å². The Bertz CT molecular complexity index is 7200. The van der Waals surface area contributed by atoms with Gasteiger partial charge in [-0.1, -0.05) is 62.9 Å². The van der Waals surface area contributed by atoms with Crippen LogP contribution in [0.4, 0.5) is 55.8 Å². The Morgan fingerprint density at radius 2 is 0.803 bits per heavy atom. The molecule has 0 saturated heterocycles. The van der Waals surface area contributed by atoms with Gasteiger partial charge in [-0.3, -0.25) is 49.5 Å². The van der Waals surface area contributed by atoms with Crippen molar-refractivity contribution in [3.8, 4) is 34.5 Å². The summed E-state index contributed by atoms with van der Waals surface area (Å²) in [6.45, 7) is 3.82. The number of aryl methyl sites for hydroxylation is 1. The molecular weight excluding hydrogens is 1920 g/mol. The number of anilines is 3. The molecule has 0 saturated carbocycles. The van der Waals surface area contributed by atoms with Crippen molar-refractivity contribution >= 4 is 175 Å². The minimum absolute atomic E-state index is 0. The zero-order chi connectivity index (χ0) is 98.8. The summed E-state index contributed by atoms with van der Waals surface area (Å²) in [6.07, 6.45) is 12.2. The lowest BCUT2D eigenvalue weighted by Gasteiger charge is -2.07. The number of phenols is 2. The number of aromatic hydroxyl groups is 2. The van der Waals surface area contributed by atoms with Crippen LogP contribution in [0.25, 0.3) is 0 Å². The molecule has 0 aliphatic rings. The van der Waals surface area contributed by atoms with Crippen LogP contribution in [0.2, 0.25) is 0 Å². The Balaban J connectivity index is 0.000000202. The Morgan fingerprint density at radius 3 is 1.18 bits per heavy atom. The predicted molar refractivity (Wildman–Crippen MR) is 539 cm³/mol. The number of nitro benzene ring substituents is 1. The van der Waals surface area contributed by atoms with Crippen LogP contribution in [-0.4, -0.2) is 148 Å². The second kappa shape index (κ2) is 50.4. The maximum atomic E-state index is 12.3. The van der Waals surface area contributed by atoms with Gasteiger partial charge in [0.05, 0.1) is 96.9 Å². The Kier molecular flexibility index (Phi) is 39.5. The van der Waals surface area contributed by atoms with Gasteiger partial charge in [0.2, 0.25) is 40.1 Å². The second-order valence-electron chi connectivity index (χ2n) is 27.8. The van der Waals surface area contributed by atoms with E-state index in [1.807, 2.05) is 49.5 Å². The number of nitrogens with one attached hydrogen (secondary N) is 3. The second-order valence-corrected chi connectivity index (χ2v) is 39.2. The number of nitrogens with zero attached hydrogens (tertiary/aromatic N) is 9. The summed E-state index contributed by atoms with van der Waals surface area (Å²) in [7, 11) is -14.0. The fourth-order valence-electron chi connectivity index (χ4n) is 11.2. The molecule has 14 rings (SSSR count). The number of aliphatic imine (C=N–C) groups is 6. The molecule has 36 nitrogen and oxygen atoms in total. The van der Waals surface area contributed by atoms with Crippen LogP contribution in [0.15, 0.2) is 355 Å². The molecule has 0 radical (unpaired) electrons. The monoisotopic (exact) mass is 2010 g/mol. The summed E-state index contributed by atoms with van der Waals surface area (Å²) in [4.78, 5) is 44.2. The number of benzene rings is 12. The Labute approximate surface area is 801 Å². The van der Waals surface area contributed by atoms with Crippen molar-refractivity contribution < 1.29 is 84.6 Å². The molecule has 0 aliphatic heterocycles. The van der Waals surface area contributed by atoms with Crippen LogP contribution >= 0.6 is 22.7 Å². The van der Waals surface area contributed by atoms with E-state index < -0.39 is 65.1 Å². The smallest absolute Gasteiger partial charge is 0.270 e. The number of primary sulfonamides is 4. The molecule has 12 aromatic carbocycles. The highest BCUT2D eigenvalue weighted by Crippen LogP contribution is 2.31. The highest BCUT2D eigenvalue weighted by Gasteiger charge is 2.19. The van der Waals surface area contributed by atoms with Gasteiger partial charge in [0.25, 0.3) is 25.7 Å². The number of hydrogen-bond acceptors (Lipinski definition) is 31. The molecule has 13 N–H and O–H groups in total. The van der Waals surface area contributed by atoms with Gasteiger partial charge in [0.15, 0.2) is 10.3 Å². The van der Waals surface area contributed by atoms with E-state index in [0.29, 0.717) is 79.1 Å². The van der Waals surface area contributed by atoms with Gasteiger partial charge in [-0.05, 0) is 236 Å². The van der Waals surface area contributed by atoms with Gasteiger partial charge in [-0.15, -0.1) is 22.7 Å². The van der Waals surface area contributed by atoms with Crippen molar-refractivity contribution in [3.05, 3.63) is 345 Å².